The maximum absolute atomic E-state index is 5.33. The van der Waals surface area contributed by atoms with Gasteiger partial charge in [0.15, 0.2) is 5.82 Å². The van der Waals surface area contributed by atoms with E-state index in [1.54, 1.807) is 0 Å². The molecule has 96 valence electrons. The average Bonchev–Trinajstić information content (AvgIpc) is 2.64. The van der Waals surface area contributed by atoms with Gasteiger partial charge in [-0.15, -0.1) is 0 Å². The number of nitrogens with zero attached hydrogens (tertiary/aromatic N) is 3. The minimum Gasteiger partial charge on any atom is -0.339 e. The first-order chi connectivity index (χ1) is 7.96. The minimum absolute atomic E-state index is 0.181. The predicted molar refractivity (Wildman–Crippen MR) is 65.7 cm³/mol. The molecular formula is C12H22N4O. The van der Waals surface area contributed by atoms with Gasteiger partial charge in [-0.05, 0) is 12.5 Å². The summed E-state index contributed by atoms with van der Waals surface area (Å²) in [5, 5.41) is 7.46. The van der Waals surface area contributed by atoms with Crippen LogP contribution in [0.25, 0.3) is 0 Å². The van der Waals surface area contributed by atoms with Gasteiger partial charge in [-0.3, -0.25) is 4.90 Å². The maximum Gasteiger partial charge on any atom is 0.227 e. The Morgan fingerprint density at radius 2 is 2.24 bits per heavy atom. The largest absolute Gasteiger partial charge is 0.339 e. The van der Waals surface area contributed by atoms with Crippen LogP contribution in [0.3, 0.4) is 0 Å². The van der Waals surface area contributed by atoms with Crippen molar-refractivity contribution >= 4 is 0 Å². The van der Waals surface area contributed by atoms with Crippen LogP contribution < -0.4 is 5.32 Å². The van der Waals surface area contributed by atoms with Crippen molar-refractivity contribution in [3.05, 3.63) is 11.7 Å². The molecule has 0 aliphatic carbocycles. The Morgan fingerprint density at radius 3 is 2.88 bits per heavy atom. The number of nitrogens with one attached hydrogen (secondary N) is 1. The molecule has 2 heterocycles. The lowest BCUT2D eigenvalue weighted by atomic mass is 9.92. The highest BCUT2D eigenvalue weighted by Gasteiger charge is 2.26. The summed E-state index contributed by atoms with van der Waals surface area (Å²) in [7, 11) is 2.10. The van der Waals surface area contributed by atoms with Crippen molar-refractivity contribution in [1.82, 2.24) is 20.4 Å². The number of piperazine rings is 1. The summed E-state index contributed by atoms with van der Waals surface area (Å²) < 4.78 is 5.33. The molecule has 1 saturated heterocycles. The number of rotatable bonds is 2. The van der Waals surface area contributed by atoms with Crippen molar-refractivity contribution in [2.45, 2.75) is 33.2 Å². The van der Waals surface area contributed by atoms with Crippen LogP contribution in [0, 0.1) is 5.41 Å². The SMILES string of the molecule is CN1CCNCC1c1noc(CC(C)(C)C)n1. The van der Waals surface area contributed by atoms with E-state index in [1.165, 1.54) is 0 Å². The van der Waals surface area contributed by atoms with E-state index in [-0.39, 0.29) is 11.5 Å². The van der Waals surface area contributed by atoms with E-state index in [2.05, 4.69) is 48.2 Å². The van der Waals surface area contributed by atoms with Crippen LogP contribution in [-0.2, 0) is 6.42 Å². The summed E-state index contributed by atoms with van der Waals surface area (Å²) in [6, 6.07) is 0.237. The highest BCUT2D eigenvalue weighted by molar-refractivity contribution is 4.98. The smallest absolute Gasteiger partial charge is 0.227 e. The third-order valence-electron chi connectivity index (χ3n) is 2.97. The van der Waals surface area contributed by atoms with Crippen molar-refractivity contribution in [3.8, 4) is 0 Å². The Labute approximate surface area is 103 Å². The fourth-order valence-corrected chi connectivity index (χ4v) is 2.02. The maximum atomic E-state index is 5.33. The second-order valence-corrected chi connectivity index (χ2v) is 5.98. The molecule has 1 atom stereocenters. The Bertz CT molecular complexity index is 369. The third-order valence-corrected chi connectivity index (χ3v) is 2.97. The van der Waals surface area contributed by atoms with Gasteiger partial charge in [0, 0.05) is 26.1 Å². The van der Waals surface area contributed by atoms with Crippen molar-refractivity contribution in [3.63, 3.8) is 0 Å². The molecule has 0 aromatic carbocycles. The molecule has 1 aromatic rings. The zero-order valence-electron chi connectivity index (χ0n) is 11.2. The van der Waals surface area contributed by atoms with Gasteiger partial charge >= 0.3 is 0 Å². The molecular weight excluding hydrogens is 216 g/mol. The molecule has 0 amide bonds. The molecule has 1 aromatic heterocycles. The number of likely N-dealkylation sites (N-methyl/N-ethyl adjacent to an activating group) is 1. The molecule has 5 heteroatoms. The molecule has 0 bridgehead atoms. The highest BCUT2D eigenvalue weighted by Crippen LogP contribution is 2.22. The molecule has 1 N–H and O–H groups in total. The van der Waals surface area contributed by atoms with Crippen LogP contribution in [0.4, 0.5) is 0 Å². The molecule has 1 fully saturated rings. The van der Waals surface area contributed by atoms with Gasteiger partial charge < -0.3 is 9.84 Å². The van der Waals surface area contributed by atoms with E-state index in [4.69, 9.17) is 4.52 Å². The van der Waals surface area contributed by atoms with Gasteiger partial charge in [0.1, 0.15) is 0 Å². The Morgan fingerprint density at radius 1 is 1.47 bits per heavy atom. The van der Waals surface area contributed by atoms with Crippen molar-refractivity contribution in [1.29, 1.82) is 0 Å². The monoisotopic (exact) mass is 238 g/mol. The molecule has 2 rings (SSSR count). The number of hydrogen-bond donors (Lipinski definition) is 1. The molecule has 17 heavy (non-hydrogen) atoms. The average molecular weight is 238 g/mol. The summed E-state index contributed by atoms with van der Waals surface area (Å²) >= 11 is 0. The Kier molecular flexibility index (Phi) is 3.49. The highest BCUT2D eigenvalue weighted by atomic mass is 16.5. The van der Waals surface area contributed by atoms with Crippen LogP contribution in [-0.4, -0.2) is 41.7 Å². The van der Waals surface area contributed by atoms with E-state index >= 15 is 0 Å². The molecule has 1 aliphatic rings. The lowest BCUT2D eigenvalue weighted by Crippen LogP contribution is -2.44. The van der Waals surface area contributed by atoms with Crippen LogP contribution >= 0.6 is 0 Å². The lowest BCUT2D eigenvalue weighted by molar-refractivity contribution is 0.190. The normalized spacial score (nSPS) is 22.9. The molecule has 0 spiro atoms. The van der Waals surface area contributed by atoms with Gasteiger partial charge in [0.05, 0.1) is 6.04 Å². The standard InChI is InChI=1S/C12H22N4O/c1-12(2,3)7-10-14-11(15-17-10)9-8-13-5-6-16(9)4/h9,13H,5-8H2,1-4H3. The Hall–Kier alpha value is -0.940. The first-order valence-corrected chi connectivity index (χ1v) is 6.19. The summed E-state index contributed by atoms with van der Waals surface area (Å²) in [6.45, 7) is 9.46. The quantitative estimate of drug-likeness (QED) is 0.840. The van der Waals surface area contributed by atoms with E-state index in [0.29, 0.717) is 0 Å². The van der Waals surface area contributed by atoms with E-state index < -0.39 is 0 Å². The molecule has 0 saturated carbocycles. The second-order valence-electron chi connectivity index (χ2n) is 5.98. The summed E-state index contributed by atoms with van der Waals surface area (Å²) in [5.41, 5.74) is 0.181. The van der Waals surface area contributed by atoms with E-state index in [0.717, 1.165) is 37.8 Å². The first-order valence-electron chi connectivity index (χ1n) is 6.19. The van der Waals surface area contributed by atoms with Crippen molar-refractivity contribution in [2.75, 3.05) is 26.7 Å². The van der Waals surface area contributed by atoms with E-state index in [1.807, 2.05) is 0 Å². The number of aromatic nitrogens is 2. The van der Waals surface area contributed by atoms with Gasteiger partial charge in [-0.2, -0.15) is 4.98 Å². The van der Waals surface area contributed by atoms with Gasteiger partial charge in [-0.1, -0.05) is 25.9 Å². The van der Waals surface area contributed by atoms with Crippen LogP contribution in [0.5, 0.6) is 0 Å². The van der Waals surface area contributed by atoms with Crippen molar-refractivity contribution < 1.29 is 4.52 Å². The van der Waals surface area contributed by atoms with E-state index in [9.17, 15) is 0 Å². The van der Waals surface area contributed by atoms with Crippen molar-refractivity contribution in [2.24, 2.45) is 5.41 Å². The van der Waals surface area contributed by atoms with Gasteiger partial charge in [0.25, 0.3) is 0 Å². The zero-order chi connectivity index (χ0) is 12.5. The predicted octanol–water partition coefficient (Wildman–Crippen LogP) is 1.23. The molecule has 5 nitrogen and oxygen atoms in total. The minimum atomic E-state index is 0.181. The third kappa shape index (κ3) is 3.26. The molecule has 1 aliphatic heterocycles. The summed E-state index contributed by atoms with van der Waals surface area (Å²) in [5.74, 6) is 1.55. The lowest BCUT2D eigenvalue weighted by Gasteiger charge is -2.30. The fraction of sp³-hybridized carbons (Fsp3) is 0.833. The van der Waals surface area contributed by atoms with Crippen LogP contribution in [0.1, 0.15) is 38.5 Å². The van der Waals surface area contributed by atoms with Gasteiger partial charge in [-0.25, -0.2) is 0 Å². The number of hydrogen-bond acceptors (Lipinski definition) is 5. The molecule has 1 unspecified atom stereocenters. The topological polar surface area (TPSA) is 54.2 Å². The zero-order valence-corrected chi connectivity index (χ0v) is 11.2. The van der Waals surface area contributed by atoms with Gasteiger partial charge in [0.2, 0.25) is 5.89 Å². The summed E-state index contributed by atoms with van der Waals surface area (Å²) in [6.07, 6.45) is 0.823. The second kappa shape index (κ2) is 4.74. The first kappa shape index (κ1) is 12.5. The molecule has 0 radical (unpaired) electrons. The van der Waals surface area contributed by atoms with Crippen LogP contribution in [0.2, 0.25) is 0 Å². The summed E-state index contributed by atoms with van der Waals surface area (Å²) in [4.78, 5) is 6.78. The Balaban J connectivity index is 2.07. The van der Waals surface area contributed by atoms with Crippen LogP contribution in [0.15, 0.2) is 4.52 Å². The fourth-order valence-electron chi connectivity index (χ4n) is 2.02.